The Hall–Kier alpha value is -4.20. The molecule has 1 unspecified atom stereocenters. The molecule has 7 rings (SSSR count). The SMILES string of the molecule is CCc1ccc2c(c1)C(NC[C@@H](O)[C@H](Cc1ccccc1)NC(=O)c1cc(-c3ccccc3)c(=O)n(C3CCCC3)c1)CC1(CCCC1)O2. The summed E-state index contributed by atoms with van der Waals surface area (Å²) < 4.78 is 8.44. The molecule has 1 aromatic heterocycles. The topological polar surface area (TPSA) is 92.6 Å². The number of ether oxygens (including phenoxy) is 1. The second-order valence-corrected chi connectivity index (χ2v) is 14.4. The van der Waals surface area contributed by atoms with Crippen molar-refractivity contribution in [3.8, 4) is 16.9 Å². The number of carbonyl (C=O) groups excluding carboxylic acids is 1. The Morgan fingerprint density at radius 1 is 0.939 bits per heavy atom. The molecule has 3 aromatic carbocycles. The molecule has 1 spiro atoms. The standard InChI is InChI=1S/C42H49N3O4/c1-2-29-19-20-39-35(23-29)37(26-42(49-39)21-11-12-22-42)43-27-38(46)36(24-30-13-5-3-6-14-30)44-40(47)32-25-34(31-15-7-4-8-16-31)41(48)45(28-32)33-17-9-10-18-33/h3-8,13-16,19-20,23,25,28,33,36-38,43,46H,2,9-12,17-18,21-22,24,26-27H2,1H3,(H,44,47)/t36-,37?,38+/m0/s1. The number of aromatic nitrogens is 1. The van der Waals surface area contributed by atoms with Crippen molar-refractivity contribution >= 4 is 5.91 Å². The fourth-order valence-corrected chi connectivity index (χ4v) is 8.26. The number of aryl methyl sites for hydroxylation is 1. The van der Waals surface area contributed by atoms with Gasteiger partial charge < -0.3 is 25.0 Å². The minimum atomic E-state index is -0.862. The number of nitrogens with one attached hydrogen (secondary N) is 2. The highest BCUT2D eigenvalue weighted by molar-refractivity contribution is 5.95. The molecule has 0 bridgehead atoms. The molecular weight excluding hydrogens is 610 g/mol. The summed E-state index contributed by atoms with van der Waals surface area (Å²) in [7, 11) is 0. The first-order valence-electron chi connectivity index (χ1n) is 18.3. The molecule has 2 fully saturated rings. The summed E-state index contributed by atoms with van der Waals surface area (Å²) in [4.78, 5) is 27.9. The van der Waals surface area contributed by atoms with E-state index in [1.54, 1.807) is 16.8 Å². The lowest BCUT2D eigenvalue weighted by atomic mass is 9.85. The smallest absolute Gasteiger partial charge is 0.258 e. The summed E-state index contributed by atoms with van der Waals surface area (Å²) in [6.07, 6.45) is 11.6. The Bertz CT molecular complexity index is 1790. The van der Waals surface area contributed by atoms with Crippen LogP contribution in [-0.2, 0) is 12.8 Å². The number of carbonyl (C=O) groups is 1. The molecule has 3 aliphatic rings. The van der Waals surface area contributed by atoms with Gasteiger partial charge in [0, 0.05) is 42.4 Å². The minimum absolute atomic E-state index is 0.0412. The molecular formula is C42H49N3O4. The molecule has 2 saturated carbocycles. The van der Waals surface area contributed by atoms with Crippen molar-refractivity contribution in [3.63, 3.8) is 0 Å². The first-order valence-corrected chi connectivity index (χ1v) is 18.3. The van der Waals surface area contributed by atoms with E-state index >= 15 is 0 Å². The van der Waals surface area contributed by atoms with Gasteiger partial charge in [0.15, 0.2) is 0 Å². The second kappa shape index (κ2) is 14.7. The molecule has 49 heavy (non-hydrogen) atoms. The Morgan fingerprint density at radius 2 is 1.65 bits per heavy atom. The van der Waals surface area contributed by atoms with E-state index in [4.69, 9.17) is 4.74 Å². The lowest BCUT2D eigenvalue weighted by Crippen LogP contribution is -2.50. The van der Waals surface area contributed by atoms with Crippen molar-refractivity contribution in [2.24, 2.45) is 0 Å². The maximum absolute atomic E-state index is 14.1. The number of aliphatic hydroxyl groups excluding tert-OH is 1. The van der Waals surface area contributed by atoms with Gasteiger partial charge in [-0.3, -0.25) is 9.59 Å². The number of nitrogens with zero attached hydrogens (tertiary/aromatic N) is 1. The molecule has 3 N–H and O–H groups in total. The van der Waals surface area contributed by atoms with Crippen LogP contribution in [0.15, 0.2) is 95.9 Å². The highest BCUT2D eigenvalue weighted by atomic mass is 16.5. The summed E-state index contributed by atoms with van der Waals surface area (Å²) in [5.74, 6) is 0.649. The minimum Gasteiger partial charge on any atom is -0.487 e. The van der Waals surface area contributed by atoms with Gasteiger partial charge in [0.2, 0.25) is 0 Å². The lowest BCUT2D eigenvalue weighted by Gasteiger charge is -2.41. The van der Waals surface area contributed by atoms with E-state index in [-0.39, 0.29) is 29.2 Å². The summed E-state index contributed by atoms with van der Waals surface area (Å²) in [6, 6.07) is 27.4. The van der Waals surface area contributed by atoms with Crippen LogP contribution in [0.2, 0.25) is 0 Å². The van der Waals surface area contributed by atoms with E-state index in [0.717, 1.165) is 73.8 Å². The van der Waals surface area contributed by atoms with Gasteiger partial charge in [-0.25, -0.2) is 0 Å². The number of pyridine rings is 1. The lowest BCUT2D eigenvalue weighted by molar-refractivity contribution is 0.0326. The van der Waals surface area contributed by atoms with E-state index in [1.807, 2.05) is 60.7 Å². The Morgan fingerprint density at radius 3 is 2.37 bits per heavy atom. The zero-order chi connectivity index (χ0) is 33.8. The molecule has 2 heterocycles. The molecule has 0 saturated heterocycles. The third-order valence-corrected chi connectivity index (χ3v) is 11.0. The number of fused-ring (bicyclic) bond motifs is 1. The average molecular weight is 660 g/mol. The predicted molar refractivity (Wildman–Crippen MR) is 194 cm³/mol. The van der Waals surface area contributed by atoms with Crippen LogP contribution in [0.1, 0.15) is 104 Å². The van der Waals surface area contributed by atoms with Crippen molar-refractivity contribution in [1.29, 1.82) is 0 Å². The van der Waals surface area contributed by atoms with Crippen molar-refractivity contribution in [3.05, 3.63) is 124 Å². The van der Waals surface area contributed by atoms with Crippen LogP contribution < -0.4 is 20.9 Å². The Labute approximate surface area is 289 Å². The number of hydrogen-bond acceptors (Lipinski definition) is 5. The predicted octanol–water partition coefficient (Wildman–Crippen LogP) is 7.32. The van der Waals surface area contributed by atoms with Gasteiger partial charge in [-0.15, -0.1) is 0 Å². The molecule has 7 heteroatoms. The molecule has 0 radical (unpaired) electrons. The molecule has 1 amide bonds. The number of rotatable bonds is 11. The number of amides is 1. The van der Waals surface area contributed by atoms with Crippen LogP contribution in [-0.4, -0.2) is 39.9 Å². The number of hydrogen-bond donors (Lipinski definition) is 3. The quantitative estimate of drug-likeness (QED) is 0.157. The van der Waals surface area contributed by atoms with Gasteiger partial charge in [0.1, 0.15) is 11.4 Å². The molecule has 2 aliphatic carbocycles. The van der Waals surface area contributed by atoms with Gasteiger partial charge >= 0.3 is 0 Å². The monoisotopic (exact) mass is 659 g/mol. The second-order valence-electron chi connectivity index (χ2n) is 14.4. The largest absolute Gasteiger partial charge is 0.487 e. The van der Waals surface area contributed by atoms with Gasteiger partial charge in [-0.05, 0) is 80.2 Å². The third-order valence-electron chi connectivity index (χ3n) is 11.0. The first kappa shape index (κ1) is 33.3. The van der Waals surface area contributed by atoms with E-state index in [1.165, 1.54) is 18.4 Å². The summed E-state index contributed by atoms with van der Waals surface area (Å²) in [5.41, 5.74) is 4.95. The molecule has 256 valence electrons. The molecule has 3 atom stereocenters. The van der Waals surface area contributed by atoms with Gasteiger partial charge in [0.25, 0.3) is 11.5 Å². The van der Waals surface area contributed by atoms with E-state index in [2.05, 4.69) is 35.8 Å². The van der Waals surface area contributed by atoms with E-state index in [9.17, 15) is 14.7 Å². The average Bonchev–Trinajstić information content (AvgIpc) is 3.84. The highest BCUT2D eigenvalue weighted by Crippen LogP contribution is 2.47. The zero-order valence-corrected chi connectivity index (χ0v) is 28.6. The van der Waals surface area contributed by atoms with Crippen molar-refractivity contribution in [1.82, 2.24) is 15.2 Å². The van der Waals surface area contributed by atoms with Crippen LogP contribution in [0.3, 0.4) is 0 Å². The van der Waals surface area contributed by atoms with Gasteiger partial charge in [-0.1, -0.05) is 92.6 Å². The van der Waals surface area contributed by atoms with Crippen molar-refractivity contribution in [2.45, 2.75) is 107 Å². The summed E-state index contributed by atoms with van der Waals surface area (Å²) in [5, 5.41) is 18.8. The fourth-order valence-electron chi connectivity index (χ4n) is 8.26. The fraction of sp³-hybridized carbons (Fsp3) is 0.429. The zero-order valence-electron chi connectivity index (χ0n) is 28.6. The molecule has 1 aliphatic heterocycles. The van der Waals surface area contributed by atoms with Gasteiger partial charge in [0.05, 0.1) is 17.7 Å². The maximum atomic E-state index is 14.1. The number of benzene rings is 3. The van der Waals surface area contributed by atoms with E-state index < -0.39 is 12.1 Å². The molecule has 4 aromatic rings. The maximum Gasteiger partial charge on any atom is 0.258 e. The van der Waals surface area contributed by atoms with Crippen LogP contribution in [0.4, 0.5) is 0 Å². The summed E-state index contributed by atoms with van der Waals surface area (Å²) >= 11 is 0. The van der Waals surface area contributed by atoms with Crippen molar-refractivity contribution < 1.29 is 14.6 Å². The Balaban J connectivity index is 1.15. The normalized spacial score (nSPS) is 19.7. The Kier molecular flexibility index (Phi) is 10.0. The number of aliphatic hydroxyl groups is 1. The molecule has 7 nitrogen and oxygen atoms in total. The van der Waals surface area contributed by atoms with Crippen molar-refractivity contribution in [2.75, 3.05) is 6.54 Å². The highest BCUT2D eigenvalue weighted by Gasteiger charge is 2.43. The van der Waals surface area contributed by atoms with Crippen LogP contribution in [0.25, 0.3) is 11.1 Å². The first-order chi connectivity index (χ1) is 23.9. The third kappa shape index (κ3) is 7.38. The van der Waals surface area contributed by atoms with Crippen LogP contribution in [0, 0.1) is 0 Å². The summed E-state index contributed by atoms with van der Waals surface area (Å²) in [6.45, 7) is 2.47. The van der Waals surface area contributed by atoms with E-state index in [0.29, 0.717) is 24.1 Å². The van der Waals surface area contributed by atoms with Crippen LogP contribution in [0.5, 0.6) is 5.75 Å². The van der Waals surface area contributed by atoms with Gasteiger partial charge in [-0.2, -0.15) is 0 Å². The van der Waals surface area contributed by atoms with Crippen LogP contribution >= 0.6 is 0 Å².